The predicted octanol–water partition coefficient (Wildman–Crippen LogP) is 2.25. The summed E-state index contributed by atoms with van der Waals surface area (Å²) in [6.45, 7) is 8.55. The standard InChI is InChI=1S/C19H34N6O/c1-2-18(19-20-21-22-25(19)15-17-9-6-14-26-17)24-12-10-23(11-13-24)16-7-4-3-5-8-16/h16-18H,2-15H2,1H3/t17-,18+/m1/s1. The zero-order valence-electron chi connectivity index (χ0n) is 16.2. The summed E-state index contributed by atoms with van der Waals surface area (Å²) in [5, 5.41) is 12.7. The summed E-state index contributed by atoms with van der Waals surface area (Å²) in [4.78, 5) is 5.33. The van der Waals surface area contributed by atoms with Gasteiger partial charge in [-0.05, 0) is 42.5 Å². The molecule has 0 amide bonds. The predicted molar refractivity (Wildman–Crippen MR) is 99.8 cm³/mol. The van der Waals surface area contributed by atoms with E-state index >= 15 is 0 Å². The lowest BCUT2D eigenvalue weighted by Crippen LogP contribution is -2.51. The van der Waals surface area contributed by atoms with Crippen molar-refractivity contribution < 1.29 is 4.74 Å². The van der Waals surface area contributed by atoms with Crippen LogP contribution >= 0.6 is 0 Å². The van der Waals surface area contributed by atoms with Crippen molar-refractivity contribution in [2.24, 2.45) is 0 Å². The zero-order chi connectivity index (χ0) is 17.8. The molecule has 4 rings (SSSR count). The number of tetrazole rings is 1. The van der Waals surface area contributed by atoms with Gasteiger partial charge in [0.25, 0.3) is 0 Å². The summed E-state index contributed by atoms with van der Waals surface area (Å²) in [5.41, 5.74) is 0. The number of nitrogens with zero attached hydrogens (tertiary/aromatic N) is 6. The highest BCUT2D eigenvalue weighted by Crippen LogP contribution is 2.27. The Morgan fingerprint density at radius 1 is 1.04 bits per heavy atom. The molecule has 1 aliphatic carbocycles. The van der Waals surface area contributed by atoms with Crippen molar-refractivity contribution in [1.29, 1.82) is 0 Å². The van der Waals surface area contributed by atoms with E-state index < -0.39 is 0 Å². The van der Waals surface area contributed by atoms with Crippen LogP contribution in [0.5, 0.6) is 0 Å². The van der Waals surface area contributed by atoms with Crippen LogP contribution in [-0.4, -0.2) is 74.9 Å². The first-order valence-corrected chi connectivity index (χ1v) is 10.7. The van der Waals surface area contributed by atoms with E-state index in [-0.39, 0.29) is 6.10 Å². The molecule has 1 aromatic heterocycles. The van der Waals surface area contributed by atoms with Crippen LogP contribution in [0.25, 0.3) is 0 Å². The van der Waals surface area contributed by atoms with Crippen LogP contribution < -0.4 is 0 Å². The Bertz CT molecular complexity index is 544. The molecule has 0 unspecified atom stereocenters. The van der Waals surface area contributed by atoms with Crippen molar-refractivity contribution in [1.82, 2.24) is 30.0 Å². The third-order valence-electron chi connectivity index (χ3n) is 6.53. The molecule has 3 fully saturated rings. The summed E-state index contributed by atoms with van der Waals surface area (Å²) in [5.74, 6) is 1.02. The van der Waals surface area contributed by atoms with Gasteiger partial charge < -0.3 is 4.74 Å². The molecule has 1 aromatic rings. The highest BCUT2D eigenvalue weighted by molar-refractivity contribution is 4.95. The molecule has 0 radical (unpaired) electrons. The van der Waals surface area contributed by atoms with E-state index in [1.54, 1.807) is 0 Å². The molecule has 26 heavy (non-hydrogen) atoms. The van der Waals surface area contributed by atoms with Gasteiger partial charge in [0.1, 0.15) is 0 Å². The summed E-state index contributed by atoms with van der Waals surface area (Å²) in [7, 11) is 0. The number of ether oxygens (including phenoxy) is 1. The molecule has 146 valence electrons. The van der Waals surface area contributed by atoms with Gasteiger partial charge >= 0.3 is 0 Å². The lowest BCUT2D eigenvalue weighted by Gasteiger charge is -2.42. The van der Waals surface area contributed by atoms with Gasteiger partial charge in [0, 0.05) is 38.8 Å². The smallest absolute Gasteiger partial charge is 0.168 e. The molecular weight excluding hydrogens is 328 g/mol. The normalized spacial score (nSPS) is 27.8. The first kappa shape index (κ1) is 18.3. The minimum atomic E-state index is 0.276. The lowest BCUT2D eigenvalue weighted by atomic mass is 9.93. The molecule has 3 heterocycles. The third-order valence-corrected chi connectivity index (χ3v) is 6.53. The maximum atomic E-state index is 5.78. The Hall–Kier alpha value is -1.05. The second kappa shape index (κ2) is 8.76. The number of hydrogen-bond acceptors (Lipinski definition) is 6. The monoisotopic (exact) mass is 362 g/mol. The van der Waals surface area contributed by atoms with Gasteiger partial charge in [0.2, 0.25) is 0 Å². The fourth-order valence-electron chi connectivity index (χ4n) is 5.03. The van der Waals surface area contributed by atoms with Gasteiger partial charge in [0.15, 0.2) is 5.82 Å². The van der Waals surface area contributed by atoms with Crippen LogP contribution in [0.3, 0.4) is 0 Å². The molecule has 0 aromatic carbocycles. The number of hydrogen-bond donors (Lipinski definition) is 0. The third kappa shape index (κ3) is 4.10. The van der Waals surface area contributed by atoms with Crippen LogP contribution in [0.2, 0.25) is 0 Å². The van der Waals surface area contributed by atoms with Gasteiger partial charge in [-0.1, -0.05) is 26.2 Å². The van der Waals surface area contributed by atoms with E-state index in [4.69, 9.17) is 4.74 Å². The Morgan fingerprint density at radius 3 is 2.54 bits per heavy atom. The Balaban J connectivity index is 1.36. The summed E-state index contributed by atoms with van der Waals surface area (Å²) < 4.78 is 7.78. The number of rotatable bonds is 6. The van der Waals surface area contributed by atoms with E-state index in [1.807, 2.05) is 4.68 Å². The van der Waals surface area contributed by atoms with E-state index in [1.165, 1.54) is 45.2 Å². The first-order chi connectivity index (χ1) is 12.8. The quantitative estimate of drug-likeness (QED) is 0.774. The molecule has 2 saturated heterocycles. The van der Waals surface area contributed by atoms with Crippen LogP contribution in [0.15, 0.2) is 0 Å². The Morgan fingerprint density at radius 2 is 1.85 bits per heavy atom. The lowest BCUT2D eigenvalue weighted by molar-refractivity contribution is 0.0493. The molecule has 7 nitrogen and oxygen atoms in total. The first-order valence-electron chi connectivity index (χ1n) is 10.7. The minimum Gasteiger partial charge on any atom is -0.376 e. The molecule has 2 aliphatic heterocycles. The van der Waals surface area contributed by atoms with E-state index in [2.05, 4.69) is 32.2 Å². The molecule has 0 N–H and O–H groups in total. The highest BCUT2D eigenvalue weighted by Gasteiger charge is 2.31. The molecule has 7 heteroatoms. The SMILES string of the molecule is CC[C@@H](c1nnnn1C[C@H]1CCCO1)N1CCN(C2CCCCC2)CC1. The van der Waals surface area contributed by atoms with Crippen molar-refractivity contribution in [3.8, 4) is 0 Å². The summed E-state index contributed by atoms with van der Waals surface area (Å²) in [6.07, 6.45) is 10.7. The van der Waals surface area contributed by atoms with Crippen molar-refractivity contribution in [3.05, 3.63) is 5.82 Å². The Kier molecular flexibility index (Phi) is 6.17. The Labute approximate surface area is 157 Å². The average molecular weight is 363 g/mol. The molecule has 3 aliphatic rings. The molecular formula is C19H34N6O. The van der Waals surface area contributed by atoms with Crippen LogP contribution in [0, 0.1) is 0 Å². The van der Waals surface area contributed by atoms with Crippen molar-refractivity contribution in [3.63, 3.8) is 0 Å². The second-order valence-electron chi connectivity index (χ2n) is 8.14. The van der Waals surface area contributed by atoms with E-state index in [9.17, 15) is 0 Å². The fourth-order valence-corrected chi connectivity index (χ4v) is 5.03. The van der Waals surface area contributed by atoms with Gasteiger partial charge in [-0.25, -0.2) is 4.68 Å². The van der Waals surface area contributed by atoms with Crippen molar-refractivity contribution >= 4 is 0 Å². The van der Waals surface area contributed by atoms with Gasteiger partial charge in [0.05, 0.1) is 18.7 Å². The zero-order valence-corrected chi connectivity index (χ0v) is 16.2. The fraction of sp³-hybridized carbons (Fsp3) is 0.947. The maximum absolute atomic E-state index is 5.78. The van der Waals surface area contributed by atoms with Crippen molar-refractivity contribution in [2.45, 2.75) is 83.0 Å². The molecule has 1 saturated carbocycles. The second-order valence-corrected chi connectivity index (χ2v) is 8.14. The van der Waals surface area contributed by atoms with Crippen molar-refractivity contribution in [2.75, 3.05) is 32.8 Å². The number of aromatic nitrogens is 4. The van der Waals surface area contributed by atoms with E-state index in [0.717, 1.165) is 57.4 Å². The van der Waals surface area contributed by atoms with Gasteiger partial charge in [-0.3, -0.25) is 9.80 Å². The molecule has 0 spiro atoms. The summed E-state index contributed by atoms with van der Waals surface area (Å²) in [6, 6.07) is 1.15. The summed E-state index contributed by atoms with van der Waals surface area (Å²) >= 11 is 0. The molecule has 2 atom stereocenters. The van der Waals surface area contributed by atoms with Gasteiger partial charge in [-0.15, -0.1) is 5.10 Å². The maximum Gasteiger partial charge on any atom is 0.168 e. The van der Waals surface area contributed by atoms with Crippen LogP contribution in [0.4, 0.5) is 0 Å². The highest BCUT2D eigenvalue weighted by atomic mass is 16.5. The van der Waals surface area contributed by atoms with Gasteiger partial charge in [-0.2, -0.15) is 0 Å². The van der Waals surface area contributed by atoms with Crippen LogP contribution in [0.1, 0.15) is 70.2 Å². The topological polar surface area (TPSA) is 59.3 Å². The minimum absolute atomic E-state index is 0.276. The van der Waals surface area contributed by atoms with Crippen LogP contribution in [-0.2, 0) is 11.3 Å². The van der Waals surface area contributed by atoms with E-state index in [0.29, 0.717) is 6.04 Å². The number of piperazine rings is 1. The molecule has 0 bridgehead atoms. The average Bonchev–Trinajstić information content (AvgIpc) is 3.37. The largest absolute Gasteiger partial charge is 0.376 e.